The summed E-state index contributed by atoms with van der Waals surface area (Å²) in [6.07, 6.45) is 3.78. The minimum atomic E-state index is -0.420. The third-order valence-corrected chi connectivity index (χ3v) is 4.21. The molecule has 1 atom stereocenters. The van der Waals surface area contributed by atoms with E-state index in [9.17, 15) is 10.1 Å². The summed E-state index contributed by atoms with van der Waals surface area (Å²) in [5.41, 5.74) is 0.0248. The predicted molar refractivity (Wildman–Crippen MR) is 77.8 cm³/mol. The summed E-state index contributed by atoms with van der Waals surface area (Å²) in [5, 5.41) is 10.8. The molecule has 1 aromatic carbocycles. The van der Waals surface area contributed by atoms with Crippen molar-refractivity contribution in [2.45, 2.75) is 25.3 Å². The summed E-state index contributed by atoms with van der Waals surface area (Å²) in [5.74, 6) is 1.49. The number of methoxy groups -OCH3 is 1. The van der Waals surface area contributed by atoms with Crippen molar-refractivity contribution < 1.29 is 14.4 Å². The van der Waals surface area contributed by atoms with Gasteiger partial charge in [-0.25, -0.2) is 0 Å². The van der Waals surface area contributed by atoms with Gasteiger partial charge in [0.2, 0.25) is 0 Å². The van der Waals surface area contributed by atoms with E-state index in [1.54, 1.807) is 13.2 Å². The molecule has 1 heterocycles. The van der Waals surface area contributed by atoms with E-state index in [2.05, 4.69) is 4.90 Å². The lowest BCUT2D eigenvalue weighted by atomic mass is 10.1. The van der Waals surface area contributed by atoms with Gasteiger partial charge in [-0.1, -0.05) is 0 Å². The van der Waals surface area contributed by atoms with Crippen LogP contribution < -0.4 is 9.47 Å². The van der Waals surface area contributed by atoms with Gasteiger partial charge in [0.1, 0.15) is 0 Å². The van der Waals surface area contributed by atoms with E-state index in [-0.39, 0.29) is 5.69 Å². The highest BCUT2D eigenvalue weighted by Crippen LogP contribution is 2.34. The molecule has 3 rings (SSSR count). The van der Waals surface area contributed by atoms with Crippen molar-refractivity contribution in [3.63, 3.8) is 0 Å². The first-order valence-corrected chi connectivity index (χ1v) is 7.36. The lowest BCUT2D eigenvalue weighted by Gasteiger charge is -2.16. The maximum absolute atomic E-state index is 10.8. The van der Waals surface area contributed by atoms with Gasteiger partial charge in [0, 0.05) is 24.6 Å². The maximum atomic E-state index is 10.8. The number of nitro groups is 1. The third kappa shape index (κ3) is 3.26. The van der Waals surface area contributed by atoms with Crippen LogP contribution >= 0.6 is 0 Å². The second-order valence-corrected chi connectivity index (χ2v) is 5.78. The van der Waals surface area contributed by atoms with Gasteiger partial charge in [0.25, 0.3) is 5.69 Å². The zero-order valence-corrected chi connectivity index (χ0v) is 12.2. The number of likely N-dealkylation sites (tertiary alicyclic amines) is 1. The molecule has 2 fully saturated rings. The van der Waals surface area contributed by atoms with E-state index in [0.717, 1.165) is 25.6 Å². The Kier molecular flexibility index (Phi) is 3.96. The molecule has 0 aromatic heterocycles. The van der Waals surface area contributed by atoms with Gasteiger partial charge in [-0.2, -0.15) is 0 Å². The summed E-state index contributed by atoms with van der Waals surface area (Å²) in [6.45, 7) is 2.80. The topological polar surface area (TPSA) is 64.8 Å². The Hall–Kier alpha value is -1.82. The van der Waals surface area contributed by atoms with Gasteiger partial charge in [-0.05, 0) is 31.9 Å². The van der Waals surface area contributed by atoms with Crippen molar-refractivity contribution in [3.8, 4) is 11.5 Å². The second kappa shape index (κ2) is 5.89. The quantitative estimate of drug-likeness (QED) is 0.595. The highest BCUT2D eigenvalue weighted by Gasteiger charge is 2.34. The molecule has 0 radical (unpaired) electrons. The number of benzene rings is 1. The second-order valence-electron chi connectivity index (χ2n) is 5.78. The van der Waals surface area contributed by atoms with Crippen LogP contribution in [0.1, 0.15) is 19.3 Å². The Labute approximate surface area is 123 Å². The van der Waals surface area contributed by atoms with Gasteiger partial charge >= 0.3 is 0 Å². The van der Waals surface area contributed by atoms with Crippen molar-refractivity contribution in [1.29, 1.82) is 0 Å². The van der Waals surface area contributed by atoms with Crippen LogP contribution in [-0.4, -0.2) is 42.7 Å². The molecule has 0 amide bonds. The maximum Gasteiger partial charge on any atom is 0.273 e. The fourth-order valence-corrected chi connectivity index (χ4v) is 2.87. The standard InChI is InChI=1S/C15H20N2O4/c1-20-14-5-4-13(17(18)19)8-15(14)21-10-11-6-7-16(9-11)12-2-3-12/h4-5,8,11-12H,2-3,6-7,9-10H2,1H3. The number of hydrogen-bond donors (Lipinski definition) is 0. The Bertz CT molecular complexity index is 530. The third-order valence-electron chi connectivity index (χ3n) is 4.21. The Balaban J connectivity index is 1.61. The van der Waals surface area contributed by atoms with Crippen molar-refractivity contribution in [2.24, 2.45) is 5.92 Å². The first-order chi connectivity index (χ1) is 10.2. The average Bonchev–Trinajstić information content (AvgIpc) is 3.23. The fraction of sp³-hybridized carbons (Fsp3) is 0.600. The van der Waals surface area contributed by atoms with Crippen LogP contribution in [0, 0.1) is 16.0 Å². The summed E-state index contributed by atoms with van der Waals surface area (Å²) in [6, 6.07) is 5.24. The monoisotopic (exact) mass is 292 g/mol. The molecule has 1 aliphatic heterocycles. The molecule has 1 aromatic rings. The molecule has 2 aliphatic rings. The molecule has 0 bridgehead atoms. The van der Waals surface area contributed by atoms with E-state index in [4.69, 9.17) is 9.47 Å². The Morgan fingerprint density at radius 1 is 1.33 bits per heavy atom. The van der Waals surface area contributed by atoms with E-state index >= 15 is 0 Å². The molecule has 1 saturated carbocycles. The van der Waals surface area contributed by atoms with Gasteiger partial charge < -0.3 is 9.47 Å². The van der Waals surface area contributed by atoms with Crippen LogP contribution in [-0.2, 0) is 0 Å². The largest absolute Gasteiger partial charge is 0.493 e. The van der Waals surface area contributed by atoms with Crippen molar-refractivity contribution in [2.75, 3.05) is 26.8 Å². The van der Waals surface area contributed by atoms with E-state index < -0.39 is 4.92 Å². The number of rotatable bonds is 6. The number of nitrogens with zero attached hydrogens (tertiary/aromatic N) is 2. The number of hydrogen-bond acceptors (Lipinski definition) is 5. The van der Waals surface area contributed by atoms with Crippen LogP contribution in [0.25, 0.3) is 0 Å². The molecule has 1 aliphatic carbocycles. The summed E-state index contributed by atoms with van der Waals surface area (Å²) >= 11 is 0. The van der Waals surface area contributed by atoms with Crippen LogP contribution in [0.3, 0.4) is 0 Å². The molecular weight excluding hydrogens is 272 g/mol. The van der Waals surface area contributed by atoms with Crippen LogP contribution in [0.2, 0.25) is 0 Å². The van der Waals surface area contributed by atoms with E-state index in [0.29, 0.717) is 24.0 Å². The molecule has 6 heteroatoms. The smallest absolute Gasteiger partial charge is 0.273 e. The molecule has 114 valence electrons. The molecule has 21 heavy (non-hydrogen) atoms. The van der Waals surface area contributed by atoms with E-state index in [1.807, 2.05) is 0 Å². The number of nitro benzene ring substituents is 1. The van der Waals surface area contributed by atoms with Gasteiger partial charge in [0.15, 0.2) is 11.5 Å². The predicted octanol–water partition coefficient (Wildman–Crippen LogP) is 2.47. The van der Waals surface area contributed by atoms with Crippen molar-refractivity contribution >= 4 is 5.69 Å². The molecule has 0 N–H and O–H groups in total. The average molecular weight is 292 g/mol. The van der Waals surface area contributed by atoms with Gasteiger partial charge in [-0.15, -0.1) is 0 Å². The molecule has 6 nitrogen and oxygen atoms in total. The van der Waals surface area contributed by atoms with Crippen LogP contribution in [0.5, 0.6) is 11.5 Å². The lowest BCUT2D eigenvalue weighted by Crippen LogP contribution is -2.24. The normalized spacial score (nSPS) is 22.2. The summed E-state index contributed by atoms with van der Waals surface area (Å²) in [4.78, 5) is 12.9. The fourth-order valence-electron chi connectivity index (χ4n) is 2.87. The minimum Gasteiger partial charge on any atom is -0.493 e. The van der Waals surface area contributed by atoms with E-state index in [1.165, 1.54) is 25.0 Å². The first kappa shape index (κ1) is 14.1. The Morgan fingerprint density at radius 3 is 2.81 bits per heavy atom. The first-order valence-electron chi connectivity index (χ1n) is 7.36. The lowest BCUT2D eigenvalue weighted by molar-refractivity contribution is -0.385. The van der Waals surface area contributed by atoms with Crippen molar-refractivity contribution in [1.82, 2.24) is 4.90 Å². The summed E-state index contributed by atoms with van der Waals surface area (Å²) in [7, 11) is 1.54. The van der Waals surface area contributed by atoms with Crippen LogP contribution in [0.15, 0.2) is 18.2 Å². The molecular formula is C15H20N2O4. The van der Waals surface area contributed by atoms with Crippen LogP contribution in [0.4, 0.5) is 5.69 Å². The number of ether oxygens (including phenoxy) is 2. The van der Waals surface area contributed by atoms with Gasteiger partial charge in [0.05, 0.1) is 24.7 Å². The molecule has 1 unspecified atom stereocenters. The zero-order valence-electron chi connectivity index (χ0n) is 12.2. The van der Waals surface area contributed by atoms with Crippen molar-refractivity contribution in [3.05, 3.63) is 28.3 Å². The number of non-ortho nitro benzene ring substituents is 1. The molecule has 0 spiro atoms. The van der Waals surface area contributed by atoms with Gasteiger partial charge in [-0.3, -0.25) is 15.0 Å². The Morgan fingerprint density at radius 2 is 2.14 bits per heavy atom. The highest BCUT2D eigenvalue weighted by molar-refractivity contribution is 5.48. The summed E-state index contributed by atoms with van der Waals surface area (Å²) < 4.78 is 11.0. The minimum absolute atomic E-state index is 0.0248. The SMILES string of the molecule is COc1ccc([N+](=O)[O-])cc1OCC1CCN(C2CC2)C1. The molecule has 1 saturated heterocycles. The zero-order chi connectivity index (χ0) is 14.8. The highest BCUT2D eigenvalue weighted by atomic mass is 16.6.